The lowest BCUT2D eigenvalue weighted by molar-refractivity contribution is -0.136. The first-order valence-corrected chi connectivity index (χ1v) is 7.20. The molecule has 6 heteroatoms. The molecule has 2 aromatic carbocycles. The standard InChI is InChI=1S/C18H17N3O3/c1-24-16-12-6-5-11-15(16)20-17(22)18(23)21-19-13-7-10-14-8-3-2-4-9-14/h2-13H,1H3,(H,20,22)(H,21,23)/b10-7+,19-13-. The monoisotopic (exact) mass is 323 g/mol. The number of anilines is 1. The maximum absolute atomic E-state index is 11.8. The first-order chi connectivity index (χ1) is 11.7. The normalized spacial score (nSPS) is 10.7. The Kier molecular flexibility index (Phi) is 6.28. The average molecular weight is 323 g/mol. The molecule has 0 unspecified atom stereocenters. The van der Waals surface area contributed by atoms with Crippen molar-refractivity contribution in [2.45, 2.75) is 0 Å². The predicted octanol–water partition coefficient (Wildman–Crippen LogP) is 2.45. The molecular formula is C18H17N3O3. The number of benzene rings is 2. The second kappa shape index (κ2) is 8.89. The minimum absolute atomic E-state index is 0.410. The fourth-order valence-corrected chi connectivity index (χ4v) is 1.83. The van der Waals surface area contributed by atoms with E-state index in [-0.39, 0.29) is 0 Å². The summed E-state index contributed by atoms with van der Waals surface area (Å²) in [5.74, 6) is -1.23. The van der Waals surface area contributed by atoms with Gasteiger partial charge in [-0.1, -0.05) is 48.5 Å². The van der Waals surface area contributed by atoms with Crippen LogP contribution in [-0.4, -0.2) is 25.1 Å². The number of carbonyl (C=O) groups is 2. The number of hydrogen-bond donors (Lipinski definition) is 2. The maximum Gasteiger partial charge on any atom is 0.329 e. The highest BCUT2D eigenvalue weighted by Crippen LogP contribution is 2.22. The molecule has 0 fully saturated rings. The number of ether oxygens (including phenoxy) is 1. The van der Waals surface area contributed by atoms with Crippen LogP contribution in [0.15, 0.2) is 65.8 Å². The maximum atomic E-state index is 11.8. The Morgan fingerprint density at radius 1 is 1.00 bits per heavy atom. The Bertz CT molecular complexity index is 755. The Hall–Kier alpha value is -3.41. The number of nitrogens with one attached hydrogen (secondary N) is 2. The van der Waals surface area contributed by atoms with Crippen molar-refractivity contribution >= 4 is 29.8 Å². The van der Waals surface area contributed by atoms with Gasteiger partial charge in [0.15, 0.2) is 0 Å². The number of amides is 2. The molecule has 2 amide bonds. The molecule has 0 saturated heterocycles. The van der Waals surface area contributed by atoms with Gasteiger partial charge in [-0.2, -0.15) is 5.10 Å². The predicted molar refractivity (Wildman–Crippen MR) is 93.7 cm³/mol. The van der Waals surface area contributed by atoms with E-state index >= 15 is 0 Å². The Morgan fingerprint density at radius 3 is 2.46 bits per heavy atom. The van der Waals surface area contributed by atoms with Crippen molar-refractivity contribution in [2.75, 3.05) is 12.4 Å². The molecule has 122 valence electrons. The van der Waals surface area contributed by atoms with Crippen LogP contribution in [0.4, 0.5) is 5.69 Å². The van der Waals surface area contributed by atoms with Gasteiger partial charge in [0.1, 0.15) is 5.75 Å². The van der Waals surface area contributed by atoms with E-state index in [1.807, 2.05) is 36.4 Å². The first kappa shape index (κ1) is 17.0. The molecule has 0 spiro atoms. The molecule has 0 radical (unpaired) electrons. The lowest BCUT2D eigenvalue weighted by atomic mass is 10.2. The van der Waals surface area contributed by atoms with Crippen LogP contribution in [-0.2, 0) is 9.59 Å². The zero-order valence-corrected chi connectivity index (χ0v) is 13.1. The summed E-state index contributed by atoms with van der Waals surface area (Å²) >= 11 is 0. The van der Waals surface area contributed by atoms with Gasteiger partial charge in [0.25, 0.3) is 0 Å². The van der Waals surface area contributed by atoms with E-state index in [4.69, 9.17) is 4.74 Å². The van der Waals surface area contributed by atoms with E-state index in [1.54, 1.807) is 30.3 Å². The van der Waals surface area contributed by atoms with E-state index in [2.05, 4.69) is 15.8 Å². The highest BCUT2D eigenvalue weighted by Gasteiger charge is 2.14. The smallest absolute Gasteiger partial charge is 0.329 e. The van der Waals surface area contributed by atoms with Crippen molar-refractivity contribution in [1.82, 2.24) is 5.43 Å². The Labute approximate surface area is 139 Å². The molecule has 2 aromatic rings. The van der Waals surface area contributed by atoms with Crippen LogP contribution in [0, 0.1) is 0 Å². The van der Waals surface area contributed by atoms with Crippen LogP contribution in [0.3, 0.4) is 0 Å². The molecule has 0 aliphatic heterocycles. The van der Waals surface area contributed by atoms with Crippen LogP contribution in [0.1, 0.15) is 5.56 Å². The lowest BCUT2D eigenvalue weighted by Gasteiger charge is -2.08. The average Bonchev–Trinajstić information content (AvgIpc) is 2.62. The molecule has 24 heavy (non-hydrogen) atoms. The molecule has 0 atom stereocenters. The summed E-state index contributed by atoms with van der Waals surface area (Å²) in [6.45, 7) is 0. The zero-order chi connectivity index (χ0) is 17.2. The molecule has 2 rings (SSSR count). The summed E-state index contributed by atoms with van der Waals surface area (Å²) < 4.78 is 5.10. The molecule has 0 aliphatic carbocycles. The number of hydrogen-bond acceptors (Lipinski definition) is 4. The first-order valence-electron chi connectivity index (χ1n) is 7.20. The topological polar surface area (TPSA) is 79.8 Å². The van der Waals surface area contributed by atoms with Crippen LogP contribution in [0.5, 0.6) is 5.75 Å². The highest BCUT2D eigenvalue weighted by molar-refractivity contribution is 6.39. The fourth-order valence-electron chi connectivity index (χ4n) is 1.83. The third kappa shape index (κ3) is 5.10. The van der Waals surface area contributed by atoms with E-state index in [0.29, 0.717) is 11.4 Å². The van der Waals surface area contributed by atoms with E-state index in [9.17, 15) is 9.59 Å². The highest BCUT2D eigenvalue weighted by atomic mass is 16.5. The summed E-state index contributed by atoms with van der Waals surface area (Å²) in [6.07, 6.45) is 4.87. The summed E-state index contributed by atoms with van der Waals surface area (Å²) in [7, 11) is 1.48. The molecule has 0 bridgehead atoms. The Balaban J connectivity index is 1.84. The summed E-state index contributed by atoms with van der Waals surface area (Å²) in [4.78, 5) is 23.5. The quantitative estimate of drug-likeness (QED) is 0.504. The number of nitrogens with zero attached hydrogens (tertiary/aromatic N) is 1. The number of carbonyl (C=O) groups excluding carboxylic acids is 2. The van der Waals surface area contributed by atoms with Gasteiger partial charge < -0.3 is 10.1 Å². The zero-order valence-electron chi connectivity index (χ0n) is 13.1. The number of rotatable bonds is 5. The number of methoxy groups -OCH3 is 1. The number of hydrazone groups is 1. The minimum atomic E-state index is -0.870. The van der Waals surface area contributed by atoms with Gasteiger partial charge in [0, 0.05) is 6.21 Å². The van der Waals surface area contributed by atoms with Crippen molar-refractivity contribution in [3.05, 3.63) is 66.2 Å². The fraction of sp³-hybridized carbons (Fsp3) is 0.0556. The van der Waals surface area contributed by atoms with Gasteiger partial charge in [-0.05, 0) is 23.8 Å². The van der Waals surface area contributed by atoms with Gasteiger partial charge in [-0.3, -0.25) is 9.59 Å². The molecule has 2 N–H and O–H groups in total. The van der Waals surface area contributed by atoms with Gasteiger partial charge in [-0.15, -0.1) is 0 Å². The molecule has 0 aliphatic rings. The van der Waals surface area contributed by atoms with E-state index < -0.39 is 11.8 Å². The van der Waals surface area contributed by atoms with Crippen molar-refractivity contribution in [1.29, 1.82) is 0 Å². The van der Waals surface area contributed by atoms with Crippen molar-refractivity contribution < 1.29 is 14.3 Å². The second-order valence-corrected chi connectivity index (χ2v) is 4.64. The van der Waals surface area contributed by atoms with Crippen molar-refractivity contribution in [3.63, 3.8) is 0 Å². The van der Waals surface area contributed by atoms with Crippen LogP contribution in [0.2, 0.25) is 0 Å². The summed E-state index contributed by atoms with van der Waals surface area (Å²) in [5, 5.41) is 6.15. The molecular weight excluding hydrogens is 306 g/mol. The van der Waals surface area contributed by atoms with Crippen LogP contribution >= 0.6 is 0 Å². The van der Waals surface area contributed by atoms with Gasteiger partial charge in [0.2, 0.25) is 0 Å². The molecule has 0 heterocycles. The largest absolute Gasteiger partial charge is 0.495 e. The second-order valence-electron chi connectivity index (χ2n) is 4.64. The van der Waals surface area contributed by atoms with E-state index in [1.165, 1.54) is 13.3 Å². The van der Waals surface area contributed by atoms with Crippen LogP contribution < -0.4 is 15.5 Å². The number of para-hydroxylation sites is 2. The third-order valence-electron chi connectivity index (χ3n) is 2.98. The van der Waals surface area contributed by atoms with Crippen LogP contribution in [0.25, 0.3) is 6.08 Å². The van der Waals surface area contributed by atoms with E-state index in [0.717, 1.165) is 5.56 Å². The lowest BCUT2D eigenvalue weighted by Crippen LogP contribution is -2.32. The SMILES string of the molecule is COc1ccccc1NC(=O)C(=O)N/N=C\C=C\c1ccccc1. The third-order valence-corrected chi connectivity index (χ3v) is 2.98. The van der Waals surface area contributed by atoms with Gasteiger partial charge >= 0.3 is 11.8 Å². The molecule has 0 saturated carbocycles. The van der Waals surface area contributed by atoms with Gasteiger partial charge in [0.05, 0.1) is 12.8 Å². The number of allylic oxidation sites excluding steroid dienone is 1. The molecule has 6 nitrogen and oxygen atoms in total. The minimum Gasteiger partial charge on any atom is -0.495 e. The molecule has 0 aromatic heterocycles. The Morgan fingerprint density at radius 2 is 1.71 bits per heavy atom. The summed E-state index contributed by atoms with van der Waals surface area (Å²) in [5.41, 5.74) is 3.57. The van der Waals surface area contributed by atoms with Crippen molar-refractivity contribution in [3.8, 4) is 5.75 Å². The van der Waals surface area contributed by atoms with Crippen molar-refractivity contribution in [2.24, 2.45) is 5.10 Å². The summed E-state index contributed by atoms with van der Waals surface area (Å²) in [6, 6.07) is 16.4. The van der Waals surface area contributed by atoms with Gasteiger partial charge in [-0.25, -0.2) is 5.43 Å².